The Morgan fingerprint density at radius 3 is 2.00 bits per heavy atom. The van der Waals surface area contributed by atoms with Gasteiger partial charge in [0, 0.05) is 21.4 Å². The van der Waals surface area contributed by atoms with Crippen molar-refractivity contribution in [2.75, 3.05) is 7.11 Å². The maximum Gasteiger partial charge on any atom is 0.298 e. The zero-order valence-corrected chi connectivity index (χ0v) is 25.8. The van der Waals surface area contributed by atoms with Crippen LogP contribution in [0.3, 0.4) is 0 Å². The molecule has 2 N–H and O–H groups in total. The summed E-state index contributed by atoms with van der Waals surface area (Å²) in [5.74, 6) is 0.572. The van der Waals surface area contributed by atoms with Gasteiger partial charge in [0.05, 0.1) is 19.2 Å². The van der Waals surface area contributed by atoms with Crippen molar-refractivity contribution in [1.29, 1.82) is 0 Å². The van der Waals surface area contributed by atoms with Gasteiger partial charge in [-0.1, -0.05) is 60.7 Å². The van der Waals surface area contributed by atoms with Crippen molar-refractivity contribution in [1.82, 2.24) is 0 Å². The van der Waals surface area contributed by atoms with Crippen LogP contribution in [-0.4, -0.2) is 31.1 Å². The van der Waals surface area contributed by atoms with E-state index in [9.17, 15) is 17.8 Å². The number of ketones is 1. The van der Waals surface area contributed by atoms with E-state index in [-0.39, 0.29) is 22.3 Å². The summed E-state index contributed by atoms with van der Waals surface area (Å²) in [5, 5.41) is 12.1. The quantitative estimate of drug-likeness (QED) is 0.0550. The predicted molar refractivity (Wildman–Crippen MR) is 165 cm³/mol. The predicted octanol–water partition coefficient (Wildman–Crippen LogP) is 7.95. The number of benzene rings is 4. The van der Waals surface area contributed by atoms with Gasteiger partial charge in [0.25, 0.3) is 10.1 Å². The van der Waals surface area contributed by atoms with Crippen LogP contribution in [0.2, 0.25) is 0 Å². The Labute approximate surface area is 260 Å². The fraction of sp³-hybridized carbons (Fsp3) is 0.242. The van der Waals surface area contributed by atoms with Gasteiger partial charge in [-0.2, -0.15) is 8.42 Å². The maximum atomic E-state index is 13.2. The van der Waals surface area contributed by atoms with E-state index in [1.165, 1.54) is 30.2 Å². The molecule has 44 heavy (non-hydrogen) atoms. The first-order valence-corrected chi connectivity index (χ1v) is 16.2. The van der Waals surface area contributed by atoms with Crippen molar-refractivity contribution in [3.05, 3.63) is 113 Å². The number of hydrogen-bond donors (Lipinski definition) is 2. The zero-order valence-electron chi connectivity index (χ0n) is 24.2. The fourth-order valence-electron chi connectivity index (χ4n) is 5.76. The molecule has 0 spiro atoms. The van der Waals surface area contributed by atoms with Crippen molar-refractivity contribution < 1.29 is 41.9 Å². The molecule has 1 aliphatic rings. The number of carbonyl (C=O) groups is 1. The normalized spacial score (nSPS) is 14.6. The lowest BCUT2D eigenvalue weighted by atomic mass is 9.65. The van der Waals surface area contributed by atoms with E-state index >= 15 is 0 Å². The summed E-state index contributed by atoms with van der Waals surface area (Å²) in [6.07, 6.45) is 5.42. The molecule has 11 heteroatoms. The molecule has 1 saturated carbocycles. The van der Waals surface area contributed by atoms with E-state index in [0.29, 0.717) is 22.7 Å². The van der Waals surface area contributed by atoms with E-state index in [1.807, 2.05) is 24.3 Å². The number of carbonyl (C=O) groups excluding carboxylic acids is 1. The summed E-state index contributed by atoms with van der Waals surface area (Å²) in [6.45, 7) is 1.78. The molecule has 0 radical (unpaired) electrons. The number of hydrogen-bond acceptors (Lipinski definition) is 9. The molecule has 5 rings (SSSR count). The molecule has 0 saturated heterocycles. The summed E-state index contributed by atoms with van der Waals surface area (Å²) in [5.41, 5.74) is 3.22. The van der Waals surface area contributed by atoms with Crippen LogP contribution in [0.5, 0.6) is 17.2 Å². The van der Waals surface area contributed by atoms with Gasteiger partial charge in [-0.05, 0) is 85.0 Å². The second-order valence-corrected chi connectivity index (χ2v) is 12.8. The molecule has 0 amide bonds. The van der Waals surface area contributed by atoms with Crippen LogP contribution < -0.4 is 9.47 Å². The molecule has 0 unspecified atom stereocenters. The minimum atomic E-state index is -4.75. The van der Waals surface area contributed by atoms with E-state index < -0.39 is 20.8 Å². The third-order valence-electron chi connectivity index (χ3n) is 8.07. The van der Waals surface area contributed by atoms with Crippen LogP contribution in [0.1, 0.15) is 64.7 Å². The largest absolute Gasteiger partial charge is 0.497 e. The first-order chi connectivity index (χ1) is 21.1. The van der Waals surface area contributed by atoms with Crippen LogP contribution >= 0.6 is 12.0 Å². The monoisotopic (exact) mass is 636 g/mol. The van der Waals surface area contributed by atoms with Crippen LogP contribution in [0.4, 0.5) is 0 Å². The molecule has 230 valence electrons. The molecule has 0 aliphatic heterocycles. The van der Waals surface area contributed by atoms with Crippen molar-refractivity contribution >= 4 is 27.9 Å². The number of methoxy groups -OCH3 is 1. The highest BCUT2D eigenvalue weighted by Crippen LogP contribution is 2.46. The highest BCUT2D eigenvalue weighted by Gasteiger charge is 2.35. The van der Waals surface area contributed by atoms with E-state index in [0.717, 1.165) is 48.6 Å². The molecule has 0 bridgehead atoms. The van der Waals surface area contributed by atoms with Crippen molar-refractivity contribution in [2.45, 2.75) is 54.2 Å². The Morgan fingerprint density at radius 2 is 1.41 bits per heavy atom. The van der Waals surface area contributed by atoms with Gasteiger partial charge in [-0.3, -0.25) is 9.35 Å². The first kappa shape index (κ1) is 31.7. The van der Waals surface area contributed by atoms with E-state index in [4.69, 9.17) is 14.7 Å². The van der Waals surface area contributed by atoms with Crippen LogP contribution in [-0.2, 0) is 24.9 Å². The van der Waals surface area contributed by atoms with Crippen molar-refractivity contribution in [2.24, 2.45) is 0 Å². The highest BCUT2D eigenvalue weighted by atomic mass is 32.2. The average Bonchev–Trinajstić information content (AvgIpc) is 3.04. The molecule has 0 atom stereocenters. The Hall–Kier alpha value is -3.71. The molecular formula is C33H32O9S2. The zero-order chi connectivity index (χ0) is 31.3. The summed E-state index contributed by atoms with van der Waals surface area (Å²) >= 11 is 0.709. The SMILES string of the molecule is COc1ccc(C2(c3ccc(Oc4ccc(C(=O)c5ccc(C)c(SOOO)c5)cc4S(=O)(=O)O)cc3)CCCCC2)cc1. The minimum absolute atomic E-state index is 0.0261. The van der Waals surface area contributed by atoms with Gasteiger partial charge >= 0.3 is 0 Å². The minimum Gasteiger partial charge on any atom is -0.497 e. The lowest BCUT2D eigenvalue weighted by Crippen LogP contribution is -2.30. The molecular weight excluding hydrogens is 604 g/mol. The van der Waals surface area contributed by atoms with Crippen molar-refractivity contribution in [3.8, 4) is 17.2 Å². The topological polar surface area (TPSA) is 129 Å². The Bertz CT molecular complexity index is 1730. The van der Waals surface area contributed by atoms with Gasteiger partial charge in [0.2, 0.25) is 0 Å². The number of aryl methyl sites for hydroxylation is 1. The van der Waals surface area contributed by atoms with E-state index in [2.05, 4.69) is 21.5 Å². The van der Waals surface area contributed by atoms with Crippen molar-refractivity contribution in [3.63, 3.8) is 0 Å². The number of rotatable bonds is 11. The third kappa shape index (κ3) is 6.83. The van der Waals surface area contributed by atoms with Crippen LogP contribution in [0.15, 0.2) is 94.7 Å². The third-order valence-corrected chi connectivity index (χ3v) is 9.70. The molecule has 9 nitrogen and oxygen atoms in total. The van der Waals surface area contributed by atoms with Gasteiger partial charge in [0.15, 0.2) is 5.78 Å². The first-order valence-electron chi connectivity index (χ1n) is 14.0. The Balaban J connectivity index is 1.42. The van der Waals surface area contributed by atoms with E-state index in [1.54, 1.807) is 38.3 Å². The maximum absolute atomic E-state index is 13.2. The second kappa shape index (κ2) is 13.5. The molecule has 0 aromatic heterocycles. The van der Waals surface area contributed by atoms with Gasteiger partial charge < -0.3 is 9.47 Å². The lowest BCUT2D eigenvalue weighted by molar-refractivity contribution is -0.432. The smallest absolute Gasteiger partial charge is 0.298 e. The molecule has 4 aromatic carbocycles. The molecule has 1 aliphatic carbocycles. The standard InChI is InChI=1S/C33H32O9S2/c1-22-6-7-23(20-30(22)43-42-41-35)32(34)24-8-17-29(31(21-24)44(36,37)38)40-28-15-11-26(12-16-28)33(18-4-3-5-19-33)25-9-13-27(39-2)14-10-25/h6-17,20-21,35H,3-5,18-19H2,1-2H3,(H,36,37,38). The Morgan fingerprint density at radius 1 is 0.818 bits per heavy atom. The van der Waals surface area contributed by atoms with Gasteiger partial charge in [-0.15, -0.1) is 4.33 Å². The molecule has 0 heterocycles. The highest BCUT2D eigenvalue weighted by molar-refractivity contribution is 7.94. The molecule has 1 fully saturated rings. The van der Waals surface area contributed by atoms with Gasteiger partial charge in [-0.25, -0.2) is 5.26 Å². The van der Waals surface area contributed by atoms with Crippen LogP contribution in [0.25, 0.3) is 0 Å². The fourth-order valence-corrected chi connectivity index (χ4v) is 6.88. The van der Waals surface area contributed by atoms with Crippen LogP contribution in [0, 0.1) is 6.92 Å². The van der Waals surface area contributed by atoms with Gasteiger partial charge in [0.1, 0.15) is 22.1 Å². The summed E-state index contributed by atoms with van der Waals surface area (Å²) < 4.78 is 50.6. The average molecular weight is 637 g/mol. The Kier molecular flexibility index (Phi) is 9.74. The summed E-state index contributed by atoms with van der Waals surface area (Å²) in [7, 11) is -3.10. The lowest BCUT2D eigenvalue weighted by Gasteiger charge is -2.38. The summed E-state index contributed by atoms with van der Waals surface area (Å²) in [4.78, 5) is 13.2. The summed E-state index contributed by atoms with van der Waals surface area (Å²) in [6, 6.07) is 24.4. The molecule has 4 aromatic rings. The second-order valence-electron chi connectivity index (χ2n) is 10.7. The number of ether oxygens (including phenoxy) is 2.